The molecule has 9 heteroatoms. The third kappa shape index (κ3) is 3.62. The van der Waals surface area contributed by atoms with E-state index < -0.39 is 15.3 Å². The van der Waals surface area contributed by atoms with Crippen LogP contribution in [0.15, 0.2) is 15.4 Å². The number of aromatic nitrogens is 2. The molecule has 0 aromatic carbocycles. The Bertz CT molecular complexity index is 555. The van der Waals surface area contributed by atoms with Gasteiger partial charge in [0.1, 0.15) is 4.60 Å². The lowest BCUT2D eigenvalue weighted by molar-refractivity contribution is 0.592. The van der Waals surface area contributed by atoms with Crippen molar-refractivity contribution < 1.29 is 8.42 Å². The molecule has 1 aromatic heterocycles. The normalized spacial score (nSPS) is 12.8. The van der Waals surface area contributed by atoms with Crippen LogP contribution in [0, 0.1) is 11.3 Å². The second-order valence-corrected chi connectivity index (χ2v) is 6.43. The molecule has 6 nitrogen and oxygen atoms in total. The molecule has 92 valence electrons. The highest BCUT2D eigenvalue weighted by Crippen LogP contribution is 2.21. The predicted octanol–water partition coefficient (Wildman–Crippen LogP) is 2.05. The van der Waals surface area contributed by atoms with E-state index in [0.29, 0.717) is 4.60 Å². The number of sulfonamides is 1. The molecule has 0 aliphatic rings. The fourth-order valence-electron chi connectivity index (χ4n) is 1.00. The Morgan fingerprint density at radius 3 is 2.71 bits per heavy atom. The number of nitrogens with zero attached hydrogens (tertiary/aromatic N) is 3. The molecule has 0 radical (unpaired) electrons. The van der Waals surface area contributed by atoms with Gasteiger partial charge in [-0.2, -0.15) is 5.26 Å². The molecule has 1 rings (SSSR count). The Labute approximate surface area is 116 Å². The topological polar surface area (TPSA) is 95.7 Å². The van der Waals surface area contributed by atoms with E-state index in [1.54, 1.807) is 13.0 Å². The summed E-state index contributed by atoms with van der Waals surface area (Å²) in [5.74, 6) is 0.0573. The van der Waals surface area contributed by atoms with Crippen LogP contribution >= 0.6 is 31.9 Å². The fraction of sp³-hybridized carbons (Fsp3) is 0.375. The summed E-state index contributed by atoms with van der Waals surface area (Å²) in [5.41, 5.74) is 0. The minimum Gasteiger partial charge on any atom is -0.264 e. The zero-order valence-electron chi connectivity index (χ0n) is 8.68. The van der Waals surface area contributed by atoms with Crippen LogP contribution in [0.25, 0.3) is 0 Å². The van der Waals surface area contributed by atoms with E-state index in [-0.39, 0.29) is 16.8 Å². The van der Waals surface area contributed by atoms with Crippen molar-refractivity contribution in [1.82, 2.24) is 9.97 Å². The molecule has 0 saturated carbocycles. The highest BCUT2D eigenvalue weighted by atomic mass is 79.9. The molecule has 1 unspecified atom stereocenters. The van der Waals surface area contributed by atoms with E-state index in [0.717, 1.165) is 0 Å². The number of nitriles is 1. The molecular weight excluding hydrogens is 376 g/mol. The van der Waals surface area contributed by atoms with Crippen molar-refractivity contribution >= 4 is 47.7 Å². The van der Waals surface area contributed by atoms with E-state index in [1.807, 2.05) is 0 Å². The number of anilines is 1. The molecule has 0 aliphatic heterocycles. The van der Waals surface area contributed by atoms with Gasteiger partial charge in [0.2, 0.25) is 10.0 Å². The van der Waals surface area contributed by atoms with Gasteiger partial charge in [-0.15, -0.1) is 0 Å². The van der Waals surface area contributed by atoms with Gasteiger partial charge >= 0.3 is 0 Å². The van der Waals surface area contributed by atoms with E-state index in [2.05, 4.69) is 46.5 Å². The summed E-state index contributed by atoms with van der Waals surface area (Å²) in [4.78, 5) is 7.79. The first-order chi connectivity index (χ1) is 7.90. The second kappa shape index (κ2) is 5.75. The van der Waals surface area contributed by atoms with Crippen molar-refractivity contribution in [2.24, 2.45) is 0 Å². The monoisotopic (exact) mass is 382 g/mol. The van der Waals surface area contributed by atoms with Gasteiger partial charge < -0.3 is 0 Å². The summed E-state index contributed by atoms with van der Waals surface area (Å²) >= 11 is 6.18. The molecule has 0 bridgehead atoms. The lowest BCUT2D eigenvalue weighted by atomic mass is 10.4. The number of rotatable bonds is 4. The van der Waals surface area contributed by atoms with Crippen LogP contribution in [0.1, 0.15) is 13.3 Å². The number of hydrogen-bond acceptors (Lipinski definition) is 5. The molecule has 1 N–H and O–H groups in total. The average molecular weight is 384 g/mol. The zero-order valence-corrected chi connectivity index (χ0v) is 12.7. The van der Waals surface area contributed by atoms with Gasteiger partial charge in [0.25, 0.3) is 0 Å². The maximum atomic E-state index is 11.8. The molecule has 0 aliphatic carbocycles. The number of hydrogen-bond donors (Lipinski definition) is 1. The van der Waals surface area contributed by atoms with Crippen LogP contribution in [-0.4, -0.2) is 23.6 Å². The smallest absolute Gasteiger partial charge is 0.250 e. The molecule has 0 fully saturated rings. The largest absolute Gasteiger partial charge is 0.264 e. The minimum absolute atomic E-state index is 0.0573. The highest BCUT2D eigenvalue weighted by Gasteiger charge is 2.24. The molecule has 1 atom stereocenters. The van der Waals surface area contributed by atoms with Crippen molar-refractivity contribution in [3.8, 4) is 6.07 Å². The Kier molecular flexibility index (Phi) is 4.85. The quantitative estimate of drug-likeness (QED) is 0.858. The standard InChI is InChI=1S/C8H8Br2N4O2S/c1-2-5(3-11)17(15,16)14-8-7(10)13-6(9)4-12-8/h4-5H,2H2,1H3,(H,12,14). The van der Waals surface area contributed by atoms with Crippen LogP contribution in [0.3, 0.4) is 0 Å². The van der Waals surface area contributed by atoms with Gasteiger partial charge in [0.15, 0.2) is 15.7 Å². The minimum atomic E-state index is -3.77. The van der Waals surface area contributed by atoms with E-state index >= 15 is 0 Å². The lowest BCUT2D eigenvalue weighted by Gasteiger charge is -2.11. The van der Waals surface area contributed by atoms with Gasteiger partial charge in [-0.05, 0) is 38.3 Å². The third-order valence-electron chi connectivity index (χ3n) is 1.83. The molecule has 17 heavy (non-hydrogen) atoms. The molecule has 0 saturated heterocycles. The first-order valence-corrected chi connectivity index (χ1v) is 7.63. The van der Waals surface area contributed by atoms with Crippen LogP contribution in [-0.2, 0) is 10.0 Å². The summed E-state index contributed by atoms with van der Waals surface area (Å²) in [6.07, 6.45) is 1.56. The summed E-state index contributed by atoms with van der Waals surface area (Å²) in [6, 6.07) is 1.72. The Balaban J connectivity index is 3.03. The molecule has 0 spiro atoms. The maximum Gasteiger partial charge on any atom is 0.250 e. The Morgan fingerprint density at radius 1 is 1.59 bits per heavy atom. The zero-order chi connectivity index (χ0) is 13.1. The molecular formula is C8H8Br2N4O2S. The van der Waals surface area contributed by atoms with Gasteiger partial charge in [0, 0.05) is 0 Å². The summed E-state index contributed by atoms with van der Waals surface area (Å²) in [5, 5.41) is 7.62. The van der Waals surface area contributed by atoms with Crippen molar-refractivity contribution in [1.29, 1.82) is 5.26 Å². The van der Waals surface area contributed by atoms with Crippen molar-refractivity contribution in [2.75, 3.05) is 4.72 Å². The van der Waals surface area contributed by atoms with E-state index in [4.69, 9.17) is 5.26 Å². The van der Waals surface area contributed by atoms with Crippen LogP contribution < -0.4 is 4.72 Å². The average Bonchev–Trinajstić information content (AvgIpc) is 2.23. The maximum absolute atomic E-state index is 11.8. The summed E-state index contributed by atoms with van der Waals surface area (Å²) < 4.78 is 26.5. The first kappa shape index (κ1) is 14.3. The van der Waals surface area contributed by atoms with Gasteiger partial charge in [-0.3, -0.25) is 4.72 Å². The Morgan fingerprint density at radius 2 is 2.24 bits per heavy atom. The van der Waals surface area contributed by atoms with Crippen molar-refractivity contribution in [3.05, 3.63) is 15.4 Å². The molecule has 1 aromatic rings. The van der Waals surface area contributed by atoms with E-state index in [1.165, 1.54) is 6.20 Å². The van der Waals surface area contributed by atoms with Gasteiger partial charge in [-0.25, -0.2) is 18.4 Å². The Hall–Kier alpha value is -0.720. The van der Waals surface area contributed by atoms with Crippen LogP contribution in [0.5, 0.6) is 0 Å². The lowest BCUT2D eigenvalue weighted by Crippen LogP contribution is -2.26. The van der Waals surface area contributed by atoms with Crippen molar-refractivity contribution in [3.63, 3.8) is 0 Å². The summed E-state index contributed by atoms with van der Waals surface area (Å²) in [6.45, 7) is 1.62. The predicted molar refractivity (Wildman–Crippen MR) is 69.7 cm³/mol. The number of nitrogens with one attached hydrogen (secondary N) is 1. The summed E-state index contributed by atoms with van der Waals surface area (Å²) in [7, 11) is -3.77. The first-order valence-electron chi connectivity index (χ1n) is 4.50. The third-order valence-corrected chi connectivity index (χ3v) is 4.43. The molecule has 0 amide bonds. The fourth-order valence-corrected chi connectivity index (χ4v) is 3.18. The van der Waals surface area contributed by atoms with E-state index in [9.17, 15) is 8.42 Å². The van der Waals surface area contributed by atoms with Gasteiger partial charge in [-0.1, -0.05) is 6.92 Å². The number of halogens is 2. The SMILES string of the molecule is CCC(C#N)S(=O)(=O)Nc1ncc(Br)nc1Br. The van der Waals surface area contributed by atoms with Crippen molar-refractivity contribution in [2.45, 2.75) is 18.6 Å². The van der Waals surface area contributed by atoms with Crippen LogP contribution in [0.2, 0.25) is 0 Å². The molecule has 1 heterocycles. The van der Waals surface area contributed by atoms with Gasteiger partial charge in [0.05, 0.1) is 12.3 Å². The highest BCUT2D eigenvalue weighted by molar-refractivity contribution is 9.11. The van der Waals surface area contributed by atoms with Crippen LogP contribution in [0.4, 0.5) is 5.82 Å². The second-order valence-electron chi connectivity index (χ2n) is 3.01.